The minimum absolute atomic E-state index is 0.341. The van der Waals surface area contributed by atoms with Crippen molar-refractivity contribution in [3.63, 3.8) is 0 Å². The van der Waals surface area contributed by atoms with E-state index in [0.717, 1.165) is 11.1 Å². The first-order valence-corrected chi connectivity index (χ1v) is 6.71. The van der Waals surface area contributed by atoms with Gasteiger partial charge in [-0.15, -0.1) is 0 Å². The van der Waals surface area contributed by atoms with Crippen LogP contribution in [0.5, 0.6) is 0 Å². The summed E-state index contributed by atoms with van der Waals surface area (Å²) in [7, 11) is 0. The van der Waals surface area contributed by atoms with Gasteiger partial charge in [-0.1, -0.05) is 65.1 Å². The van der Waals surface area contributed by atoms with Crippen LogP contribution in [0.15, 0.2) is 47.6 Å². The average molecular weight is 314 g/mol. The van der Waals surface area contributed by atoms with Crippen LogP contribution in [0.4, 0.5) is 5.69 Å². The van der Waals surface area contributed by atoms with Gasteiger partial charge in [0.25, 0.3) is 0 Å². The highest BCUT2D eigenvalue weighted by Crippen LogP contribution is 2.31. The Morgan fingerprint density at radius 2 is 1.63 bits per heavy atom. The third-order valence-electron chi connectivity index (χ3n) is 2.46. The molecule has 2 aromatic carbocycles. The lowest BCUT2D eigenvalue weighted by atomic mass is 10.2. The fourth-order valence-corrected chi connectivity index (χ4v) is 2.40. The summed E-state index contributed by atoms with van der Waals surface area (Å²) in [5.74, 6) is 0. The van der Waals surface area contributed by atoms with Crippen molar-refractivity contribution >= 4 is 45.7 Å². The Morgan fingerprint density at radius 1 is 1.05 bits per heavy atom. The van der Waals surface area contributed by atoms with E-state index in [1.807, 2.05) is 49.4 Å². The molecular formula is C14H11Cl3N2. The second kappa shape index (κ2) is 6.29. The van der Waals surface area contributed by atoms with E-state index >= 15 is 0 Å². The van der Waals surface area contributed by atoms with Gasteiger partial charge in [-0.3, -0.25) is 5.43 Å². The highest BCUT2D eigenvalue weighted by molar-refractivity contribution is 6.69. The lowest BCUT2D eigenvalue weighted by molar-refractivity contribution is 1.33. The molecule has 0 aliphatic rings. The topological polar surface area (TPSA) is 24.4 Å². The van der Waals surface area contributed by atoms with Gasteiger partial charge in [-0.25, -0.2) is 0 Å². The molecule has 0 aliphatic heterocycles. The van der Waals surface area contributed by atoms with Crippen LogP contribution in [0.3, 0.4) is 0 Å². The highest BCUT2D eigenvalue weighted by atomic mass is 35.5. The minimum atomic E-state index is 0.341. The van der Waals surface area contributed by atoms with E-state index in [2.05, 4.69) is 10.5 Å². The molecule has 2 nitrogen and oxygen atoms in total. The van der Waals surface area contributed by atoms with Crippen molar-refractivity contribution in [2.24, 2.45) is 5.10 Å². The number of nitrogens with one attached hydrogen (secondary N) is 1. The predicted molar refractivity (Wildman–Crippen MR) is 83.7 cm³/mol. The van der Waals surface area contributed by atoms with E-state index in [-0.39, 0.29) is 0 Å². The molecule has 5 heteroatoms. The van der Waals surface area contributed by atoms with Crippen molar-refractivity contribution in [3.8, 4) is 0 Å². The molecule has 0 unspecified atom stereocenters. The summed E-state index contributed by atoms with van der Waals surface area (Å²) in [6, 6.07) is 13.0. The summed E-state index contributed by atoms with van der Waals surface area (Å²) >= 11 is 18.3. The second-order valence-electron chi connectivity index (χ2n) is 3.98. The summed E-state index contributed by atoms with van der Waals surface area (Å²) in [4.78, 5) is 0. The van der Waals surface area contributed by atoms with E-state index in [4.69, 9.17) is 34.8 Å². The average Bonchev–Trinajstić information content (AvgIpc) is 2.38. The van der Waals surface area contributed by atoms with Gasteiger partial charge in [0.05, 0.1) is 15.7 Å². The molecule has 19 heavy (non-hydrogen) atoms. The van der Waals surface area contributed by atoms with Crippen molar-refractivity contribution in [2.75, 3.05) is 5.43 Å². The Morgan fingerprint density at radius 3 is 2.21 bits per heavy atom. The molecule has 0 atom stereocenters. The Labute approximate surface area is 127 Å². The largest absolute Gasteiger partial charge is 0.274 e. The fraction of sp³-hybridized carbons (Fsp3) is 0.0714. The van der Waals surface area contributed by atoms with Crippen molar-refractivity contribution in [1.82, 2.24) is 0 Å². The van der Waals surface area contributed by atoms with Gasteiger partial charge in [0, 0.05) is 5.56 Å². The number of hydrazone groups is 1. The smallest absolute Gasteiger partial charge is 0.156 e. The number of hydrogen-bond donors (Lipinski definition) is 1. The Kier molecular flexibility index (Phi) is 4.70. The molecule has 0 saturated heterocycles. The molecule has 0 saturated carbocycles. The van der Waals surface area contributed by atoms with Gasteiger partial charge in [0.2, 0.25) is 0 Å². The number of nitrogens with zero attached hydrogens (tertiary/aromatic N) is 1. The van der Waals surface area contributed by atoms with Crippen LogP contribution >= 0.6 is 34.8 Å². The van der Waals surface area contributed by atoms with Crippen LogP contribution in [-0.2, 0) is 0 Å². The number of anilines is 1. The molecule has 0 spiro atoms. The summed E-state index contributed by atoms with van der Waals surface area (Å²) in [5, 5.41) is 5.43. The van der Waals surface area contributed by atoms with Crippen molar-refractivity contribution < 1.29 is 0 Å². The maximum Gasteiger partial charge on any atom is 0.156 e. The number of aryl methyl sites for hydroxylation is 1. The van der Waals surface area contributed by atoms with Gasteiger partial charge in [0.15, 0.2) is 5.17 Å². The van der Waals surface area contributed by atoms with E-state index in [1.165, 1.54) is 0 Å². The van der Waals surface area contributed by atoms with E-state index in [9.17, 15) is 0 Å². The third kappa shape index (κ3) is 3.63. The van der Waals surface area contributed by atoms with Crippen LogP contribution in [0, 0.1) is 6.92 Å². The molecule has 0 bridgehead atoms. The van der Waals surface area contributed by atoms with Gasteiger partial charge in [-0.2, -0.15) is 5.10 Å². The maximum atomic E-state index is 6.10. The lowest BCUT2D eigenvalue weighted by Crippen LogP contribution is -1.98. The summed E-state index contributed by atoms with van der Waals surface area (Å²) in [6.07, 6.45) is 0. The number of halogens is 3. The normalized spacial score (nSPS) is 11.5. The van der Waals surface area contributed by atoms with Crippen molar-refractivity contribution in [1.29, 1.82) is 0 Å². The van der Waals surface area contributed by atoms with Crippen LogP contribution in [0.2, 0.25) is 10.0 Å². The fourth-order valence-electron chi connectivity index (χ4n) is 1.55. The molecule has 0 aromatic heterocycles. The van der Waals surface area contributed by atoms with Crippen molar-refractivity contribution in [2.45, 2.75) is 6.92 Å². The second-order valence-corrected chi connectivity index (χ2v) is 5.16. The summed E-state index contributed by atoms with van der Waals surface area (Å²) in [5.41, 5.74) is 5.14. The standard InChI is InChI=1S/C14H11Cl3N2/c1-9-7-11(15)13(12(16)8-9)18-19-14(17)10-5-3-2-4-6-10/h2-8,18H,1H3. The first kappa shape index (κ1) is 14.2. The lowest BCUT2D eigenvalue weighted by Gasteiger charge is -2.08. The molecule has 0 aliphatic carbocycles. The molecular weight excluding hydrogens is 303 g/mol. The maximum absolute atomic E-state index is 6.10. The molecule has 2 rings (SSSR count). The Balaban J connectivity index is 2.23. The zero-order valence-electron chi connectivity index (χ0n) is 10.1. The Bertz CT molecular complexity index is 586. The molecule has 0 amide bonds. The quantitative estimate of drug-likeness (QED) is 0.602. The van der Waals surface area contributed by atoms with Gasteiger partial charge < -0.3 is 0 Å². The molecule has 0 radical (unpaired) electrons. The van der Waals surface area contributed by atoms with E-state index in [0.29, 0.717) is 20.9 Å². The number of hydrogen-bond acceptors (Lipinski definition) is 2. The molecule has 0 heterocycles. The van der Waals surface area contributed by atoms with Gasteiger partial charge in [-0.05, 0) is 24.6 Å². The molecule has 2 aromatic rings. The molecule has 98 valence electrons. The SMILES string of the molecule is Cc1cc(Cl)c(NN=C(Cl)c2ccccc2)c(Cl)c1. The summed E-state index contributed by atoms with van der Waals surface area (Å²) < 4.78 is 0. The first-order chi connectivity index (χ1) is 9.08. The van der Waals surface area contributed by atoms with Crippen LogP contribution in [-0.4, -0.2) is 5.17 Å². The Hall–Kier alpha value is -1.22. The van der Waals surface area contributed by atoms with Crippen LogP contribution < -0.4 is 5.43 Å². The van der Waals surface area contributed by atoms with Gasteiger partial charge in [0.1, 0.15) is 0 Å². The van der Waals surface area contributed by atoms with Crippen LogP contribution in [0.1, 0.15) is 11.1 Å². The highest BCUT2D eigenvalue weighted by Gasteiger charge is 2.06. The molecule has 1 N–H and O–H groups in total. The number of rotatable bonds is 3. The predicted octanol–water partition coefficient (Wildman–Crippen LogP) is 5.31. The van der Waals surface area contributed by atoms with Crippen LogP contribution in [0.25, 0.3) is 0 Å². The first-order valence-electron chi connectivity index (χ1n) is 5.58. The summed E-state index contributed by atoms with van der Waals surface area (Å²) in [6.45, 7) is 1.92. The number of benzene rings is 2. The minimum Gasteiger partial charge on any atom is -0.274 e. The van der Waals surface area contributed by atoms with Gasteiger partial charge >= 0.3 is 0 Å². The third-order valence-corrected chi connectivity index (χ3v) is 3.36. The zero-order chi connectivity index (χ0) is 13.8. The van der Waals surface area contributed by atoms with Crippen molar-refractivity contribution in [3.05, 3.63) is 63.6 Å². The molecule has 0 fully saturated rings. The van der Waals surface area contributed by atoms with E-state index in [1.54, 1.807) is 0 Å². The monoisotopic (exact) mass is 312 g/mol. The zero-order valence-corrected chi connectivity index (χ0v) is 12.4. The van der Waals surface area contributed by atoms with E-state index < -0.39 is 0 Å².